The highest BCUT2D eigenvalue weighted by molar-refractivity contribution is 6.28. The molecule has 0 aliphatic carbocycles. The van der Waals surface area contributed by atoms with Gasteiger partial charge in [0.25, 0.3) is 0 Å². The van der Waals surface area contributed by atoms with Crippen LogP contribution in [0, 0.1) is 0 Å². The molecule has 5 nitrogen and oxygen atoms in total. The van der Waals surface area contributed by atoms with E-state index in [-0.39, 0.29) is 0 Å². The van der Waals surface area contributed by atoms with Crippen molar-refractivity contribution in [2.45, 2.75) is 0 Å². The Hall–Kier alpha value is -7.76. The van der Waals surface area contributed by atoms with Gasteiger partial charge in [-0.25, -0.2) is 19.9 Å². The van der Waals surface area contributed by atoms with Crippen LogP contribution in [0.3, 0.4) is 0 Å². The summed E-state index contributed by atoms with van der Waals surface area (Å²) in [4.78, 5) is 20.7. The van der Waals surface area contributed by atoms with Gasteiger partial charge in [-0.05, 0) is 70.8 Å². The van der Waals surface area contributed by atoms with Crippen molar-refractivity contribution in [2.75, 3.05) is 0 Å². The van der Waals surface area contributed by atoms with Crippen molar-refractivity contribution in [3.63, 3.8) is 0 Å². The van der Waals surface area contributed by atoms with Crippen molar-refractivity contribution < 1.29 is 4.42 Å². The highest BCUT2D eigenvalue weighted by Crippen LogP contribution is 2.42. The van der Waals surface area contributed by atoms with E-state index in [1.165, 1.54) is 0 Å². The van der Waals surface area contributed by atoms with Gasteiger partial charge in [-0.1, -0.05) is 146 Å². The zero-order valence-electron chi connectivity index (χ0n) is 30.7. The molecular formula is C52H32N4O. The number of furan rings is 1. The highest BCUT2D eigenvalue weighted by Gasteiger charge is 2.20. The Bertz CT molecular complexity index is 3180. The topological polar surface area (TPSA) is 64.7 Å². The van der Waals surface area contributed by atoms with Crippen LogP contribution in [-0.4, -0.2) is 19.9 Å². The van der Waals surface area contributed by atoms with Crippen LogP contribution in [0.5, 0.6) is 0 Å². The number of rotatable bonds is 6. The van der Waals surface area contributed by atoms with Gasteiger partial charge >= 0.3 is 0 Å². The monoisotopic (exact) mass is 728 g/mol. The van der Waals surface area contributed by atoms with Crippen LogP contribution in [0.15, 0.2) is 199 Å². The van der Waals surface area contributed by atoms with Crippen molar-refractivity contribution in [3.8, 4) is 67.7 Å². The Kier molecular flexibility index (Phi) is 7.74. The average Bonchev–Trinajstić information content (AvgIpc) is 3.68. The molecule has 0 radical (unpaired) electrons. The maximum Gasteiger partial charge on any atom is 0.164 e. The standard InChI is InChI=1S/C52H32N4O/c1-4-14-33(15-5-1)36-20-12-22-38(30-36)50-54-51(39-23-13-21-37(31-39)34-16-6-2-7-17-34)56-52(55-50)40-26-28-45-43(32-40)48-46(57-45)29-27-42-47(48)41-24-10-11-25-44(41)53-49(42)35-18-8-3-9-19-35/h1-32H. The van der Waals surface area contributed by atoms with E-state index < -0.39 is 0 Å². The molecular weight excluding hydrogens is 697 g/mol. The zero-order chi connectivity index (χ0) is 37.7. The van der Waals surface area contributed by atoms with E-state index in [0.29, 0.717) is 17.5 Å². The van der Waals surface area contributed by atoms with Crippen molar-refractivity contribution in [2.24, 2.45) is 0 Å². The molecule has 0 atom stereocenters. The van der Waals surface area contributed by atoms with Crippen molar-refractivity contribution in [1.29, 1.82) is 0 Å². The van der Waals surface area contributed by atoms with E-state index in [1.807, 2.05) is 36.4 Å². The molecule has 0 saturated carbocycles. The molecule has 11 aromatic rings. The lowest BCUT2D eigenvalue weighted by atomic mass is 9.96. The predicted molar refractivity (Wildman–Crippen MR) is 233 cm³/mol. The Morgan fingerprint density at radius 1 is 0.281 bits per heavy atom. The summed E-state index contributed by atoms with van der Waals surface area (Å²) in [5, 5.41) is 5.29. The second-order valence-electron chi connectivity index (χ2n) is 14.2. The summed E-state index contributed by atoms with van der Waals surface area (Å²) in [7, 11) is 0. The minimum atomic E-state index is 0.582. The number of pyridine rings is 1. The minimum Gasteiger partial charge on any atom is -0.456 e. The summed E-state index contributed by atoms with van der Waals surface area (Å²) in [5.74, 6) is 1.79. The van der Waals surface area contributed by atoms with Gasteiger partial charge in [-0.3, -0.25) is 0 Å². The fourth-order valence-corrected chi connectivity index (χ4v) is 7.96. The molecule has 0 N–H and O–H groups in total. The van der Waals surface area contributed by atoms with Crippen LogP contribution in [0.1, 0.15) is 0 Å². The number of para-hydroxylation sites is 1. The number of benzene rings is 8. The molecule has 0 amide bonds. The molecule has 3 heterocycles. The van der Waals surface area contributed by atoms with Crippen LogP contribution < -0.4 is 0 Å². The second kappa shape index (κ2) is 13.5. The summed E-state index contributed by atoms with van der Waals surface area (Å²) in [5.41, 5.74) is 11.7. The molecule has 11 rings (SSSR count). The fourth-order valence-electron chi connectivity index (χ4n) is 7.96. The predicted octanol–water partition coefficient (Wildman–Crippen LogP) is 13.5. The molecule has 0 fully saturated rings. The number of hydrogen-bond donors (Lipinski definition) is 0. The lowest BCUT2D eigenvalue weighted by molar-refractivity contribution is 0.669. The first-order valence-corrected chi connectivity index (χ1v) is 19.0. The summed E-state index contributed by atoms with van der Waals surface area (Å²) < 4.78 is 6.57. The van der Waals surface area contributed by atoms with E-state index in [1.54, 1.807) is 0 Å². The smallest absolute Gasteiger partial charge is 0.164 e. The van der Waals surface area contributed by atoms with Gasteiger partial charge in [0.15, 0.2) is 17.5 Å². The van der Waals surface area contributed by atoms with E-state index >= 15 is 0 Å². The third kappa shape index (κ3) is 5.81. The molecule has 0 aliphatic rings. The number of fused-ring (bicyclic) bond motifs is 7. The minimum absolute atomic E-state index is 0.582. The van der Waals surface area contributed by atoms with E-state index in [9.17, 15) is 0 Å². The van der Waals surface area contributed by atoms with Gasteiger partial charge in [0.1, 0.15) is 11.2 Å². The van der Waals surface area contributed by atoms with Gasteiger partial charge < -0.3 is 4.42 Å². The Labute approximate surface area is 328 Å². The van der Waals surface area contributed by atoms with Crippen LogP contribution in [0.25, 0.3) is 111 Å². The Balaban J connectivity index is 1.14. The number of aromatic nitrogens is 4. The van der Waals surface area contributed by atoms with Crippen LogP contribution in [-0.2, 0) is 0 Å². The molecule has 8 aromatic carbocycles. The summed E-state index contributed by atoms with van der Waals surface area (Å²) in [6.07, 6.45) is 0. The molecule has 0 bridgehead atoms. The van der Waals surface area contributed by atoms with Crippen molar-refractivity contribution in [3.05, 3.63) is 194 Å². The summed E-state index contributed by atoms with van der Waals surface area (Å²) in [6, 6.07) is 66.8. The Morgan fingerprint density at radius 3 is 1.39 bits per heavy atom. The average molecular weight is 729 g/mol. The first-order valence-electron chi connectivity index (χ1n) is 19.0. The van der Waals surface area contributed by atoms with Crippen LogP contribution >= 0.6 is 0 Å². The summed E-state index contributed by atoms with van der Waals surface area (Å²) >= 11 is 0. The maximum absolute atomic E-state index is 6.57. The van der Waals surface area contributed by atoms with E-state index in [0.717, 1.165) is 93.8 Å². The molecule has 266 valence electrons. The SMILES string of the molecule is c1ccc(-c2cccc(-c3nc(-c4cccc(-c5ccccc5)c4)nc(-c4ccc5oc6ccc7c(-c8ccccc8)nc8ccccc8c7c6c5c4)n3)c2)cc1. The second-order valence-corrected chi connectivity index (χ2v) is 14.2. The van der Waals surface area contributed by atoms with Gasteiger partial charge in [-0.15, -0.1) is 0 Å². The van der Waals surface area contributed by atoms with Gasteiger partial charge in [0.05, 0.1) is 11.2 Å². The highest BCUT2D eigenvalue weighted by atomic mass is 16.3. The third-order valence-electron chi connectivity index (χ3n) is 10.7. The fraction of sp³-hybridized carbons (Fsp3) is 0. The lowest BCUT2D eigenvalue weighted by Crippen LogP contribution is -2.00. The van der Waals surface area contributed by atoms with Crippen LogP contribution in [0.4, 0.5) is 0 Å². The molecule has 3 aromatic heterocycles. The summed E-state index contributed by atoms with van der Waals surface area (Å²) in [6.45, 7) is 0. The number of hydrogen-bond acceptors (Lipinski definition) is 5. The third-order valence-corrected chi connectivity index (χ3v) is 10.7. The van der Waals surface area contributed by atoms with E-state index in [4.69, 9.17) is 24.4 Å². The molecule has 5 heteroatoms. The van der Waals surface area contributed by atoms with Gasteiger partial charge in [-0.2, -0.15) is 0 Å². The normalized spacial score (nSPS) is 11.5. The quantitative estimate of drug-likeness (QED) is 0.160. The molecule has 0 saturated heterocycles. The molecule has 0 unspecified atom stereocenters. The number of nitrogens with zero attached hydrogens (tertiary/aromatic N) is 4. The van der Waals surface area contributed by atoms with Crippen LogP contribution in [0.2, 0.25) is 0 Å². The van der Waals surface area contributed by atoms with Gasteiger partial charge in [0, 0.05) is 49.2 Å². The van der Waals surface area contributed by atoms with E-state index in [2.05, 4.69) is 158 Å². The molecule has 57 heavy (non-hydrogen) atoms. The van der Waals surface area contributed by atoms with Crippen molar-refractivity contribution >= 4 is 43.6 Å². The Morgan fingerprint density at radius 2 is 0.772 bits per heavy atom. The maximum atomic E-state index is 6.57. The first-order chi connectivity index (χ1) is 28.2. The largest absolute Gasteiger partial charge is 0.456 e. The van der Waals surface area contributed by atoms with Crippen molar-refractivity contribution in [1.82, 2.24) is 19.9 Å². The first kappa shape index (κ1) is 32.7. The zero-order valence-corrected chi connectivity index (χ0v) is 30.7. The van der Waals surface area contributed by atoms with Gasteiger partial charge in [0.2, 0.25) is 0 Å². The molecule has 0 spiro atoms. The lowest BCUT2D eigenvalue weighted by Gasteiger charge is -2.12. The molecule has 0 aliphatic heterocycles.